The molecule has 2 aliphatic heterocycles. The fourth-order valence-electron chi connectivity index (χ4n) is 5.18. The van der Waals surface area contributed by atoms with Crippen LogP contribution < -0.4 is 0 Å². The number of nitrogens with zero attached hydrogens (tertiary/aromatic N) is 2. The number of halogens is 8. The predicted octanol–water partition coefficient (Wildman–Crippen LogP) is 9.86. The average Bonchev–Trinajstić information content (AvgIpc) is 3.42. The van der Waals surface area contributed by atoms with Gasteiger partial charge < -0.3 is 4.74 Å². The number of hydrogen-bond donors (Lipinski definition) is 0. The number of carbonyl (C=O) groups is 5. The SMILES string of the molecule is CCCCCCCOC(=O)[C@@H](CCCCN1C(=O)c2c(Cl)c(Cl)c(Cl)c(Cl)c2C1=O)N1C(=O)c2c(Cl)c(Cl)c(Cl)c(Cl)c2C1=O. The summed E-state index contributed by atoms with van der Waals surface area (Å²) in [7, 11) is 0. The lowest BCUT2D eigenvalue weighted by Gasteiger charge is -2.25. The van der Waals surface area contributed by atoms with Gasteiger partial charge in [0.1, 0.15) is 6.04 Å². The number of unbranched alkanes of at least 4 members (excludes halogenated alkanes) is 5. The highest BCUT2D eigenvalue weighted by Crippen LogP contribution is 2.46. The van der Waals surface area contributed by atoms with Gasteiger partial charge in [0.15, 0.2) is 0 Å². The largest absolute Gasteiger partial charge is 0.464 e. The summed E-state index contributed by atoms with van der Waals surface area (Å²) in [6.07, 6.45) is 4.77. The van der Waals surface area contributed by atoms with Crippen molar-refractivity contribution in [3.63, 3.8) is 0 Å². The third-order valence-corrected chi connectivity index (χ3v) is 11.1. The van der Waals surface area contributed by atoms with Crippen LogP contribution in [0.3, 0.4) is 0 Å². The monoisotopic (exact) mass is 776 g/mol. The van der Waals surface area contributed by atoms with E-state index in [0.717, 1.165) is 35.5 Å². The van der Waals surface area contributed by atoms with Crippen LogP contribution in [0.5, 0.6) is 0 Å². The van der Waals surface area contributed by atoms with Gasteiger partial charge in [-0.1, -0.05) is 125 Å². The number of fused-ring (bicyclic) bond motifs is 2. The number of ether oxygens (including phenoxy) is 1. The second-order valence-corrected chi connectivity index (χ2v) is 13.4. The standard InChI is InChI=1S/C29H24Cl8N2O6/c1-2-3-4-5-8-11-45-29(44)12(39-27(42)15-16(28(39)43)20(33)24(37)23(36)19(15)32)9-6-7-10-38-25(40)13-14(26(38)41)18(31)22(35)21(34)17(13)30/h12H,2-11H2,1H3/t12-/m1/s1. The minimum absolute atomic E-state index is 0.0703. The maximum Gasteiger partial charge on any atom is 0.329 e. The second kappa shape index (κ2) is 15.2. The molecule has 8 nitrogen and oxygen atoms in total. The van der Waals surface area contributed by atoms with Crippen molar-refractivity contribution in [2.45, 2.75) is 64.3 Å². The van der Waals surface area contributed by atoms with Gasteiger partial charge in [-0.25, -0.2) is 4.79 Å². The average molecular weight is 780 g/mol. The van der Waals surface area contributed by atoms with Crippen LogP contribution in [0.25, 0.3) is 0 Å². The first-order valence-electron chi connectivity index (χ1n) is 13.9. The van der Waals surface area contributed by atoms with E-state index in [1.54, 1.807) is 0 Å². The van der Waals surface area contributed by atoms with Gasteiger partial charge in [0, 0.05) is 6.54 Å². The molecular formula is C29H24Cl8N2O6. The molecule has 0 fully saturated rings. The third-order valence-electron chi connectivity index (χ3n) is 7.50. The number of imide groups is 2. The normalized spacial score (nSPS) is 14.9. The Morgan fingerprint density at radius 3 is 1.44 bits per heavy atom. The fraction of sp³-hybridized carbons (Fsp3) is 0.414. The molecule has 16 heteroatoms. The van der Waals surface area contributed by atoms with Crippen LogP contribution in [0, 0.1) is 0 Å². The van der Waals surface area contributed by atoms with Gasteiger partial charge >= 0.3 is 5.97 Å². The minimum Gasteiger partial charge on any atom is -0.464 e. The molecule has 0 unspecified atom stereocenters. The summed E-state index contributed by atoms with van der Waals surface area (Å²) in [4.78, 5) is 68.2. The molecule has 0 aliphatic carbocycles. The van der Waals surface area contributed by atoms with Crippen LogP contribution in [-0.2, 0) is 9.53 Å². The molecule has 2 aliphatic rings. The van der Waals surface area contributed by atoms with E-state index >= 15 is 0 Å². The maximum absolute atomic E-state index is 13.5. The van der Waals surface area contributed by atoms with E-state index in [-0.39, 0.29) is 94.8 Å². The summed E-state index contributed by atoms with van der Waals surface area (Å²) in [6, 6.07) is -1.37. The minimum atomic E-state index is -1.37. The van der Waals surface area contributed by atoms with Gasteiger partial charge in [-0.2, -0.15) is 0 Å². The Kier molecular flexibility index (Phi) is 12.2. The van der Waals surface area contributed by atoms with E-state index in [2.05, 4.69) is 6.92 Å². The Morgan fingerprint density at radius 2 is 1.00 bits per heavy atom. The van der Waals surface area contributed by atoms with E-state index in [4.69, 9.17) is 97.5 Å². The highest BCUT2D eigenvalue weighted by molar-refractivity contribution is 6.56. The van der Waals surface area contributed by atoms with Crippen LogP contribution in [-0.4, -0.2) is 58.6 Å². The topological polar surface area (TPSA) is 101 Å². The van der Waals surface area contributed by atoms with Crippen molar-refractivity contribution in [2.75, 3.05) is 13.2 Å². The highest BCUT2D eigenvalue weighted by Gasteiger charge is 2.47. The van der Waals surface area contributed by atoms with Crippen LogP contribution in [0.15, 0.2) is 0 Å². The predicted molar refractivity (Wildman–Crippen MR) is 176 cm³/mol. The number of rotatable bonds is 13. The summed E-state index contributed by atoms with van der Waals surface area (Å²) >= 11 is 49.4. The molecule has 0 radical (unpaired) electrons. The molecule has 0 bridgehead atoms. The van der Waals surface area contributed by atoms with Gasteiger partial charge in [0.2, 0.25) is 0 Å². The molecule has 0 saturated heterocycles. The maximum atomic E-state index is 13.5. The lowest BCUT2D eigenvalue weighted by Crippen LogP contribution is -2.46. The lowest BCUT2D eigenvalue weighted by molar-refractivity contribution is -0.148. The zero-order valence-corrected chi connectivity index (χ0v) is 29.6. The fourth-order valence-corrected chi connectivity index (χ4v) is 7.21. The van der Waals surface area contributed by atoms with Crippen molar-refractivity contribution in [1.29, 1.82) is 0 Å². The molecule has 2 aromatic rings. The first-order valence-corrected chi connectivity index (χ1v) is 16.9. The molecule has 0 N–H and O–H groups in total. The summed E-state index contributed by atoms with van der Waals surface area (Å²) in [6.45, 7) is 2.07. The quantitative estimate of drug-likeness (QED) is 0.0660. The smallest absolute Gasteiger partial charge is 0.329 e. The number of benzene rings is 2. The number of carbonyl (C=O) groups excluding carboxylic acids is 5. The van der Waals surface area contributed by atoms with Crippen LogP contribution in [0.1, 0.15) is 99.7 Å². The molecule has 242 valence electrons. The summed E-state index contributed by atoms with van der Waals surface area (Å²) in [5.74, 6) is -4.00. The van der Waals surface area contributed by atoms with Crippen molar-refractivity contribution < 1.29 is 28.7 Å². The van der Waals surface area contributed by atoms with Crippen LogP contribution in [0.4, 0.5) is 0 Å². The van der Waals surface area contributed by atoms with Crippen molar-refractivity contribution in [3.05, 3.63) is 62.4 Å². The van der Waals surface area contributed by atoms with Gasteiger partial charge in [-0.15, -0.1) is 0 Å². The van der Waals surface area contributed by atoms with Crippen molar-refractivity contribution >= 4 is 122 Å². The molecule has 45 heavy (non-hydrogen) atoms. The molecule has 0 saturated carbocycles. The Balaban J connectivity index is 1.52. The zero-order chi connectivity index (χ0) is 33.3. The molecule has 0 spiro atoms. The molecule has 0 aromatic heterocycles. The van der Waals surface area contributed by atoms with Crippen LogP contribution in [0.2, 0.25) is 40.2 Å². The van der Waals surface area contributed by atoms with Gasteiger partial charge in [0.05, 0.1) is 69.0 Å². The number of hydrogen-bond acceptors (Lipinski definition) is 6. The van der Waals surface area contributed by atoms with E-state index in [9.17, 15) is 24.0 Å². The van der Waals surface area contributed by atoms with Crippen molar-refractivity contribution in [2.24, 2.45) is 0 Å². The van der Waals surface area contributed by atoms with Gasteiger partial charge in [-0.3, -0.25) is 29.0 Å². The second-order valence-electron chi connectivity index (χ2n) is 10.3. The Bertz CT molecular complexity index is 1520. The molecular weight excluding hydrogens is 756 g/mol. The van der Waals surface area contributed by atoms with E-state index in [1.165, 1.54) is 0 Å². The molecule has 1 atom stereocenters. The number of esters is 1. The van der Waals surface area contributed by atoms with Crippen molar-refractivity contribution in [1.82, 2.24) is 9.80 Å². The first kappa shape index (κ1) is 36.3. The number of amides is 4. The Morgan fingerprint density at radius 1 is 0.578 bits per heavy atom. The van der Waals surface area contributed by atoms with Crippen molar-refractivity contribution in [3.8, 4) is 0 Å². The lowest BCUT2D eigenvalue weighted by atomic mass is 10.1. The molecule has 4 amide bonds. The zero-order valence-electron chi connectivity index (χ0n) is 23.5. The summed E-state index contributed by atoms with van der Waals surface area (Å²) < 4.78 is 5.48. The van der Waals surface area contributed by atoms with Gasteiger partial charge in [0.25, 0.3) is 23.6 Å². The van der Waals surface area contributed by atoms with Gasteiger partial charge in [-0.05, 0) is 25.7 Å². The third kappa shape index (κ3) is 6.77. The van der Waals surface area contributed by atoms with E-state index in [0.29, 0.717) is 6.42 Å². The Hall–Kier alpha value is -1.49. The molecule has 2 heterocycles. The first-order chi connectivity index (χ1) is 21.3. The highest BCUT2D eigenvalue weighted by atomic mass is 35.5. The molecule has 2 aromatic carbocycles. The molecule has 4 rings (SSSR count). The van der Waals surface area contributed by atoms with E-state index < -0.39 is 35.6 Å². The summed E-state index contributed by atoms with van der Waals surface area (Å²) in [5.41, 5.74) is -0.844. The van der Waals surface area contributed by atoms with E-state index in [1.807, 2.05) is 0 Å². The van der Waals surface area contributed by atoms with Crippen LogP contribution >= 0.6 is 92.8 Å². The summed E-state index contributed by atoms with van der Waals surface area (Å²) in [5, 5.41) is -1.65. The Labute approximate surface area is 299 Å².